The second-order valence-electron chi connectivity index (χ2n) is 7.31. The summed E-state index contributed by atoms with van der Waals surface area (Å²) in [7, 11) is 0. The predicted octanol–water partition coefficient (Wildman–Crippen LogP) is 3.43. The maximum atomic E-state index is 12.8. The Morgan fingerprint density at radius 1 is 1.19 bits per heavy atom. The molecule has 0 radical (unpaired) electrons. The number of nitrogens with one attached hydrogen (secondary N) is 1. The van der Waals surface area contributed by atoms with Gasteiger partial charge in [0.2, 0.25) is 0 Å². The first kappa shape index (κ1) is 20.6. The zero-order valence-corrected chi connectivity index (χ0v) is 18.0. The van der Waals surface area contributed by atoms with E-state index in [1.807, 2.05) is 57.3 Å². The number of hydrogen-bond acceptors (Lipinski definition) is 5. The summed E-state index contributed by atoms with van der Waals surface area (Å²) in [6.07, 6.45) is 6.11. The molecular formula is C23H26N6O2. The van der Waals surface area contributed by atoms with Crippen molar-refractivity contribution in [2.45, 2.75) is 33.7 Å². The van der Waals surface area contributed by atoms with Crippen LogP contribution in [0.2, 0.25) is 0 Å². The summed E-state index contributed by atoms with van der Waals surface area (Å²) in [4.78, 5) is 21.7. The monoisotopic (exact) mass is 418 g/mol. The van der Waals surface area contributed by atoms with Crippen molar-refractivity contribution in [2.24, 2.45) is 0 Å². The summed E-state index contributed by atoms with van der Waals surface area (Å²) in [5.41, 5.74) is 3.67. The Kier molecular flexibility index (Phi) is 5.97. The highest BCUT2D eigenvalue weighted by atomic mass is 16.5. The van der Waals surface area contributed by atoms with Crippen LogP contribution in [0.25, 0.3) is 16.9 Å². The zero-order chi connectivity index (χ0) is 21.8. The van der Waals surface area contributed by atoms with E-state index in [1.54, 1.807) is 16.9 Å². The van der Waals surface area contributed by atoms with E-state index in [4.69, 9.17) is 9.72 Å². The molecule has 0 spiro atoms. The smallest absolute Gasteiger partial charge is 0.256 e. The molecule has 1 amide bonds. The number of aryl methyl sites for hydroxylation is 3. The fourth-order valence-electron chi connectivity index (χ4n) is 3.50. The lowest BCUT2D eigenvalue weighted by molar-refractivity contribution is 0.0954. The van der Waals surface area contributed by atoms with Crippen LogP contribution in [0.1, 0.15) is 35.2 Å². The predicted molar refractivity (Wildman–Crippen MR) is 118 cm³/mol. The molecule has 0 saturated carbocycles. The van der Waals surface area contributed by atoms with E-state index in [0.29, 0.717) is 24.4 Å². The van der Waals surface area contributed by atoms with Crippen LogP contribution in [0.3, 0.4) is 0 Å². The van der Waals surface area contributed by atoms with Gasteiger partial charge in [-0.3, -0.25) is 4.79 Å². The molecule has 1 aromatic carbocycles. The lowest BCUT2D eigenvalue weighted by Gasteiger charge is -2.08. The van der Waals surface area contributed by atoms with Crippen LogP contribution >= 0.6 is 0 Å². The molecule has 31 heavy (non-hydrogen) atoms. The lowest BCUT2D eigenvalue weighted by Crippen LogP contribution is -2.25. The number of aromatic nitrogens is 5. The average Bonchev–Trinajstić information content (AvgIpc) is 3.38. The van der Waals surface area contributed by atoms with E-state index in [0.717, 1.165) is 41.5 Å². The molecule has 0 saturated heterocycles. The second kappa shape index (κ2) is 8.99. The molecule has 160 valence electrons. The number of rotatable bonds is 8. The molecule has 3 aromatic heterocycles. The van der Waals surface area contributed by atoms with E-state index < -0.39 is 0 Å². The van der Waals surface area contributed by atoms with Gasteiger partial charge in [-0.2, -0.15) is 5.10 Å². The molecule has 0 aliphatic rings. The Morgan fingerprint density at radius 3 is 2.71 bits per heavy atom. The van der Waals surface area contributed by atoms with Crippen LogP contribution in [0, 0.1) is 13.8 Å². The highest BCUT2D eigenvalue weighted by Gasteiger charge is 2.16. The number of ether oxygens (including phenoxy) is 1. The summed E-state index contributed by atoms with van der Waals surface area (Å²) in [6.45, 7) is 7.87. The SMILES string of the molecule is CCOc1ccc(-c2cc(C)n3ncc(C(=O)NCCCn4ccnc4C)c3n2)cc1. The number of fused-ring (bicyclic) bond motifs is 1. The first-order valence-corrected chi connectivity index (χ1v) is 10.4. The third-order valence-electron chi connectivity index (χ3n) is 5.14. The van der Waals surface area contributed by atoms with Gasteiger partial charge in [0.25, 0.3) is 5.91 Å². The minimum atomic E-state index is -0.173. The normalized spacial score (nSPS) is 11.1. The zero-order valence-electron chi connectivity index (χ0n) is 18.0. The summed E-state index contributed by atoms with van der Waals surface area (Å²) >= 11 is 0. The van der Waals surface area contributed by atoms with Crippen LogP contribution in [0.15, 0.2) is 48.9 Å². The number of hydrogen-bond donors (Lipinski definition) is 1. The van der Waals surface area contributed by atoms with Crippen LogP contribution in [-0.2, 0) is 6.54 Å². The van der Waals surface area contributed by atoms with E-state index in [9.17, 15) is 4.79 Å². The molecule has 0 bridgehead atoms. The van der Waals surface area contributed by atoms with E-state index in [2.05, 4.69) is 20.0 Å². The largest absolute Gasteiger partial charge is 0.494 e. The fourth-order valence-corrected chi connectivity index (χ4v) is 3.50. The van der Waals surface area contributed by atoms with Gasteiger partial charge < -0.3 is 14.6 Å². The number of imidazole rings is 1. The minimum absolute atomic E-state index is 0.173. The molecule has 0 aliphatic carbocycles. The quantitative estimate of drug-likeness (QED) is 0.443. The topological polar surface area (TPSA) is 86.3 Å². The lowest BCUT2D eigenvalue weighted by atomic mass is 10.1. The van der Waals surface area contributed by atoms with Gasteiger partial charge in [0.15, 0.2) is 5.65 Å². The second-order valence-corrected chi connectivity index (χ2v) is 7.31. The van der Waals surface area contributed by atoms with Crippen molar-refractivity contribution in [3.8, 4) is 17.0 Å². The van der Waals surface area contributed by atoms with Crippen molar-refractivity contribution < 1.29 is 9.53 Å². The summed E-state index contributed by atoms with van der Waals surface area (Å²) in [6, 6.07) is 9.75. The maximum Gasteiger partial charge on any atom is 0.256 e. The van der Waals surface area contributed by atoms with Crippen molar-refractivity contribution in [1.82, 2.24) is 29.5 Å². The number of amides is 1. The van der Waals surface area contributed by atoms with Crippen molar-refractivity contribution in [3.63, 3.8) is 0 Å². The average molecular weight is 419 g/mol. The fraction of sp³-hybridized carbons (Fsp3) is 0.304. The molecule has 0 fully saturated rings. The Hall–Kier alpha value is -3.68. The first-order chi connectivity index (χ1) is 15.1. The van der Waals surface area contributed by atoms with Crippen molar-refractivity contribution in [3.05, 3.63) is 66.0 Å². The van der Waals surface area contributed by atoms with E-state index in [-0.39, 0.29) is 5.91 Å². The highest BCUT2D eigenvalue weighted by Crippen LogP contribution is 2.23. The molecule has 4 aromatic rings. The van der Waals surface area contributed by atoms with Gasteiger partial charge in [0, 0.05) is 36.7 Å². The highest BCUT2D eigenvalue weighted by molar-refractivity contribution is 5.99. The van der Waals surface area contributed by atoms with Crippen LogP contribution in [0.4, 0.5) is 0 Å². The van der Waals surface area contributed by atoms with Gasteiger partial charge in [-0.15, -0.1) is 0 Å². The number of carbonyl (C=O) groups is 1. The van der Waals surface area contributed by atoms with Gasteiger partial charge in [-0.1, -0.05) is 0 Å². The number of nitrogens with zero attached hydrogens (tertiary/aromatic N) is 5. The Morgan fingerprint density at radius 2 is 2.00 bits per heavy atom. The summed E-state index contributed by atoms with van der Waals surface area (Å²) in [5, 5.41) is 7.33. The van der Waals surface area contributed by atoms with Crippen molar-refractivity contribution in [1.29, 1.82) is 0 Å². The van der Waals surface area contributed by atoms with Crippen LogP contribution in [0.5, 0.6) is 5.75 Å². The molecule has 3 heterocycles. The third kappa shape index (κ3) is 4.42. The first-order valence-electron chi connectivity index (χ1n) is 10.4. The van der Waals surface area contributed by atoms with Gasteiger partial charge in [-0.05, 0) is 57.5 Å². The molecule has 1 N–H and O–H groups in total. The Bertz CT molecular complexity index is 1190. The summed E-state index contributed by atoms with van der Waals surface area (Å²) in [5.74, 6) is 1.61. The number of benzene rings is 1. The summed E-state index contributed by atoms with van der Waals surface area (Å²) < 4.78 is 9.27. The van der Waals surface area contributed by atoms with Gasteiger partial charge in [0.05, 0.1) is 18.5 Å². The number of carbonyl (C=O) groups excluding carboxylic acids is 1. The molecular weight excluding hydrogens is 392 g/mol. The molecule has 0 unspecified atom stereocenters. The molecule has 8 heteroatoms. The van der Waals surface area contributed by atoms with Crippen molar-refractivity contribution in [2.75, 3.05) is 13.2 Å². The Labute approximate surface area is 180 Å². The van der Waals surface area contributed by atoms with Gasteiger partial charge >= 0.3 is 0 Å². The molecule has 0 aliphatic heterocycles. The standard InChI is InChI=1S/C23H26N6O2/c1-4-31-19-8-6-18(7-9-19)21-14-16(2)29-22(27-21)20(15-26-29)23(30)25-10-5-12-28-13-11-24-17(28)3/h6-9,11,13-15H,4-5,10,12H2,1-3H3,(H,25,30). The molecule has 4 rings (SSSR count). The Balaban J connectivity index is 1.50. The van der Waals surface area contributed by atoms with E-state index in [1.165, 1.54) is 0 Å². The van der Waals surface area contributed by atoms with Crippen LogP contribution < -0.4 is 10.1 Å². The minimum Gasteiger partial charge on any atom is -0.494 e. The molecule has 8 nitrogen and oxygen atoms in total. The molecule has 0 atom stereocenters. The van der Waals surface area contributed by atoms with Crippen LogP contribution in [-0.4, -0.2) is 43.2 Å². The van der Waals surface area contributed by atoms with Gasteiger partial charge in [-0.25, -0.2) is 14.5 Å². The van der Waals surface area contributed by atoms with Crippen molar-refractivity contribution >= 4 is 11.6 Å². The maximum absolute atomic E-state index is 12.8. The third-order valence-corrected chi connectivity index (χ3v) is 5.14. The van der Waals surface area contributed by atoms with Gasteiger partial charge in [0.1, 0.15) is 17.1 Å². The van der Waals surface area contributed by atoms with E-state index >= 15 is 0 Å².